The number of unbranched alkanes of at least 4 members (excludes halogenated alkanes) is 1. The highest BCUT2D eigenvalue weighted by Gasteiger charge is 2.36. The molecular formula is C18H33Cl2N5O. The van der Waals surface area contributed by atoms with Crippen LogP contribution in [0.15, 0.2) is 6.20 Å². The van der Waals surface area contributed by atoms with Crippen LogP contribution in [-0.4, -0.2) is 52.3 Å². The second-order valence-corrected chi connectivity index (χ2v) is 7.12. The summed E-state index contributed by atoms with van der Waals surface area (Å²) in [5, 5.41) is 11.0. The van der Waals surface area contributed by atoms with Crippen molar-refractivity contribution in [1.82, 2.24) is 20.0 Å². The molecule has 26 heavy (non-hydrogen) atoms. The van der Waals surface area contributed by atoms with E-state index >= 15 is 0 Å². The van der Waals surface area contributed by atoms with E-state index < -0.39 is 0 Å². The fourth-order valence-corrected chi connectivity index (χ4v) is 3.97. The van der Waals surface area contributed by atoms with Crippen LogP contribution < -0.4 is 10.6 Å². The Hall–Kier alpha value is -0.820. The van der Waals surface area contributed by atoms with Crippen molar-refractivity contribution < 1.29 is 4.79 Å². The highest BCUT2D eigenvalue weighted by molar-refractivity contribution is 5.94. The van der Waals surface area contributed by atoms with Crippen molar-refractivity contribution >= 4 is 36.5 Å². The first-order valence-electron chi connectivity index (χ1n) is 9.50. The van der Waals surface area contributed by atoms with Crippen LogP contribution in [0.25, 0.3) is 0 Å². The van der Waals surface area contributed by atoms with Crippen LogP contribution in [0.5, 0.6) is 0 Å². The zero-order valence-corrected chi connectivity index (χ0v) is 17.5. The summed E-state index contributed by atoms with van der Waals surface area (Å²) in [5.74, 6) is 1.03. The standard InChI is InChI=1S/C18H31N5O.2ClH/c1-3-4-12-23-17(14(2)13-20-23)21-18(24)16-6-5-11-22(16)15-7-9-19-10-8-15;;/h13,15-16,19H,3-12H2,1-2H3,(H,21,24);2*1H/t16-;;/m0../s1. The Morgan fingerprint density at radius 2 is 2.04 bits per heavy atom. The molecule has 0 bridgehead atoms. The molecule has 2 N–H and O–H groups in total. The first kappa shape index (κ1) is 23.2. The summed E-state index contributed by atoms with van der Waals surface area (Å²) < 4.78 is 1.94. The van der Waals surface area contributed by atoms with Gasteiger partial charge in [0.15, 0.2) is 0 Å². The number of carbonyl (C=O) groups is 1. The summed E-state index contributed by atoms with van der Waals surface area (Å²) in [6.45, 7) is 8.24. The highest BCUT2D eigenvalue weighted by atomic mass is 35.5. The second kappa shape index (κ2) is 11.1. The van der Waals surface area contributed by atoms with Crippen molar-refractivity contribution in [2.24, 2.45) is 0 Å². The normalized spacial score (nSPS) is 21.1. The lowest BCUT2D eigenvalue weighted by atomic mass is 10.0. The number of piperidine rings is 1. The number of nitrogens with one attached hydrogen (secondary N) is 2. The third kappa shape index (κ3) is 5.35. The Bertz CT molecular complexity index is 560. The van der Waals surface area contributed by atoms with Crippen LogP contribution in [0.4, 0.5) is 5.82 Å². The van der Waals surface area contributed by atoms with Gasteiger partial charge in [0.25, 0.3) is 0 Å². The lowest BCUT2D eigenvalue weighted by molar-refractivity contribution is -0.121. The van der Waals surface area contributed by atoms with Crippen LogP contribution in [0, 0.1) is 6.92 Å². The lowest BCUT2D eigenvalue weighted by Crippen LogP contribution is -2.49. The zero-order chi connectivity index (χ0) is 16.9. The van der Waals surface area contributed by atoms with Gasteiger partial charge in [-0.25, -0.2) is 4.68 Å². The van der Waals surface area contributed by atoms with Gasteiger partial charge < -0.3 is 10.6 Å². The maximum absolute atomic E-state index is 12.9. The van der Waals surface area contributed by atoms with E-state index in [4.69, 9.17) is 0 Å². The van der Waals surface area contributed by atoms with Crippen molar-refractivity contribution in [3.05, 3.63) is 11.8 Å². The number of carbonyl (C=O) groups excluding carboxylic acids is 1. The molecule has 3 heterocycles. The van der Waals surface area contributed by atoms with Gasteiger partial charge in [-0.05, 0) is 58.7 Å². The molecule has 1 aromatic rings. The molecule has 1 atom stereocenters. The number of anilines is 1. The number of aromatic nitrogens is 2. The van der Waals surface area contributed by atoms with Crippen molar-refractivity contribution in [3.8, 4) is 0 Å². The Labute approximate surface area is 169 Å². The van der Waals surface area contributed by atoms with E-state index in [1.807, 2.05) is 17.8 Å². The van der Waals surface area contributed by atoms with Gasteiger partial charge in [0, 0.05) is 18.2 Å². The first-order chi connectivity index (χ1) is 11.7. The van der Waals surface area contributed by atoms with Gasteiger partial charge in [-0.1, -0.05) is 13.3 Å². The van der Waals surface area contributed by atoms with Crippen LogP contribution in [0.1, 0.15) is 51.0 Å². The van der Waals surface area contributed by atoms with Crippen molar-refractivity contribution in [3.63, 3.8) is 0 Å². The monoisotopic (exact) mass is 405 g/mol. The molecule has 150 valence electrons. The number of amides is 1. The summed E-state index contributed by atoms with van der Waals surface area (Å²) in [4.78, 5) is 15.4. The molecule has 0 saturated carbocycles. The average molecular weight is 406 g/mol. The number of rotatable bonds is 6. The number of hydrogen-bond donors (Lipinski definition) is 2. The Morgan fingerprint density at radius 1 is 1.31 bits per heavy atom. The van der Waals surface area contributed by atoms with E-state index in [0.29, 0.717) is 6.04 Å². The smallest absolute Gasteiger partial charge is 0.242 e. The Kier molecular flexibility index (Phi) is 9.93. The van der Waals surface area contributed by atoms with Gasteiger partial charge in [0.1, 0.15) is 5.82 Å². The van der Waals surface area contributed by atoms with Gasteiger partial charge in [-0.15, -0.1) is 24.8 Å². The van der Waals surface area contributed by atoms with E-state index in [1.54, 1.807) is 0 Å². The van der Waals surface area contributed by atoms with E-state index in [-0.39, 0.29) is 36.8 Å². The van der Waals surface area contributed by atoms with E-state index in [1.165, 1.54) is 0 Å². The van der Waals surface area contributed by atoms with Crippen molar-refractivity contribution in [2.75, 3.05) is 25.0 Å². The molecule has 1 aromatic heterocycles. The van der Waals surface area contributed by atoms with E-state index in [2.05, 4.69) is 27.6 Å². The third-order valence-corrected chi connectivity index (χ3v) is 5.36. The predicted octanol–water partition coefficient (Wildman–Crippen LogP) is 2.99. The molecule has 2 aliphatic heterocycles. The molecule has 1 amide bonds. The van der Waals surface area contributed by atoms with Gasteiger partial charge in [0.05, 0.1) is 12.2 Å². The summed E-state index contributed by atoms with van der Waals surface area (Å²) in [6, 6.07) is 0.567. The minimum atomic E-state index is 0. The molecule has 2 saturated heterocycles. The van der Waals surface area contributed by atoms with Crippen LogP contribution in [-0.2, 0) is 11.3 Å². The van der Waals surface area contributed by atoms with Crippen LogP contribution >= 0.6 is 24.8 Å². The number of aryl methyl sites for hydroxylation is 2. The number of hydrogen-bond acceptors (Lipinski definition) is 4. The molecule has 0 spiro atoms. The van der Waals surface area contributed by atoms with Crippen LogP contribution in [0.2, 0.25) is 0 Å². The number of halogens is 2. The second-order valence-electron chi connectivity index (χ2n) is 7.12. The Morgan fingerprint density at radius 3 is 2.73 bits per heavy atom. The minimum absolute atomic E-state index is 0. The fourth-order valence-electron chi connectivity index (χ4n) is 3.97. The third-order valence-electron chi connectivity index (χ3n) is 5.36. The zero-order valence-electron chi connectivity index (χ0n) is 15.9. The van der Waals surface area contributed by atoms with E-state index in [0.717, 1.165) is 76.1 Å². The molecule has 0 unspecified atom stereocenters. The average Bonchev–Trinajstić information content (AvgIpc) is 3.22. The Balaban J connectivity index is 0.00000169. The molecule has 6 nitrogen and oxygen atoms in total. The van der Waals surface area contributed by atoms with Crippen LogP contribution in [0.3, 0.4) is 0 Å². The molecule has 2 fully saturated rings. The number of nitrogens with zero attached hydrogens (tertiary/aromatic N) is 3. The molecule has 0 radical (unpaired) electrons. The minimum Gasteiger partial charge on any atom is -0.317 e. The molecule has 2 aliphatic rings. The molecular weight excluding hydrogens is 373 g/mol. The molecule has 3 rings (SSSR count). The SMILES string of the molecule is CCCCn1ncc(C)c1NC(=O)[C@@H]1CCCN1C1CCNCC1.Cl.Cl. The molecule has 0 aromatic carbocycles. The molecule has 8 heteroatoms. The van der Waals surface area contributed by atoms with Crippen molar-refractivity contribution in [2.45, 2.75) is 71.0 Å². The largest absolute Gasteiger partial charge is 0.317 e. The lowest BCUT2D eigenvalue weighted by Gasteiger charge is -2.35. The van der Waals surface area contributed by atoms with Gasteiger partial charge in [0.2, 0.25) is 5.91 Å². The summed E-state index contributed by atoms with van der Waals surface area (Å²) >= 11 is 0. The summed E-state index contributed by atoms with van der Waals surface area (Å²) in [7, 11) is 0. The number of likely N-dealkylation sites (tertiary alicyclic amines) is 1. The molecule has 0 aliphatic carbocycles. The fraction of sp³-hybridized carbons (Fsp3) is 0.778. The maximum Gasteiger partial charge on any atom is 0.242 e. The quantitative estimate of drug-likeness (QED) is 0.763. The van der Waals surface area contributed by atoms with E-state index in [9.17, 15) is 4.79 Å². The highest BCUT2D eigenvalue weighted by Crippen LogP contribution is 2.26. The van der Waals surface area contributed by atoms with Gasteiger partial charge >= 0.3 is 0 Å². The van der Waals surface area contributed by atoms with Crippen molar-refractivity contribution in [1.29, 1.82) is 0 Å². The summed E-state index contributed by atoms with van der Waals surface area (Å²) in [5.41, 5.74) is 1.05. The first-order valence-corrected chi connectivity index (χ1v) is 9.50. The van der Waals surface area contributed by atoms with Gasteiger partial charge in [-0.3, -0.25) is 9.69 Å². The van der Waals surface area contributed by atoms with Gasteiger partial charge in [-0.2, -0.15) is 5.10 Å². The maximum atomic E-state index is 12.9. The predicted molar refractivity (Wildman–Crippen MR) is 111 cm³/mol. The topological polar surface area (TPSA) is 62.2 Å². The summed E-state index contributed by atoms with van der Waals surface area (Å²) in [6.07, 6.45) is 8.44.